The van der Waals surface area contributed by atoms with Crippen LogP contribution in [0.15, 0.2) is 29.3 Å². The molecule has 0 atom stereocenters. The molecule has 11 heavy (non-hydrogen) atoms. The minimum Gasteiger partial charge on any atom is -0.368 e. The molecule has 0 bridgehead atoms. The van der Waals surface area contributed by atoms with Crippen LogP contribution >= 0.6 is 0 Å². The van der Waals surface area contributed by atoms with Crippen molar-refractivity contribution in [1.29, 1.82) is 0 Å². The van der Waals surface area contributed by atoms with Crippen LogP contribution in [0, 0.1) is 0 Å². The Hall–Kier alpha value is -1.58. The lowest BCUT2D eigenvalue weighted by Crippen LogP contribution is -2.19. The van der Waals surface area contributed by atoms with Crippen molar-refractivity contribution in [2.24, 2.45) is 5.73 Å². The molecule has 0 aliphatic heterocycles. The molecule has 4 heteroatoms. The van der Waals surface area contributed by atoms with Gasteiger partial charge in [0.15, 0.2) is 5.43 Å². The van der Waals surface area contributed by atoms with Gasteiger partial charge < -0.3 is 10.3 Å². The highest BCUT2D eigenvalue weighted by Gasteiger charge is 1.92. The van der Waals surface area contributed by atoms with E-state index in [1.165, 1.54) is 24.5 Å². The van der Waals surface area contributed by atoms with E-state index in [0.29, 0.717) is 0 Å². The van der Waals surface area contributed by atoms with Gasteiger partial charge in [-0.1, -0.05) is 0 Å². The third kappa shape index (κ3) is 2.25. The van der Waals surface area contributed by atoms with Crippen LogP contribution in [0.2, 0.25) is 0 Å². The number of carbonyl (C=O) groups is 1. The van der Waals surface area contributed by atoms with Crippen LogP contribution in [-0.4, -0.2) is 10.5 Å². The molecule has 1 amide bonds. The second-order valence-corrected chi connectivity index (χ2v) is 2.17. The number of nitrogens with zero attached hydrogens (tertiary/aromatic N) is 1. The van der Waals surface area contributed by atoms with Crippen molar-refractivity contribution in [3.63, 3.8) is 0 Å². The van der Waals surface area contributed by atoms with E-state index in [4.69, 9.17) is 5.73 Å². The van der Waals surface area contributed by atoms with E-state index >= 15 is 0 Å². The number of rotatable bonds is 2. The summed E-state index contributed by atoms with van der Waals surface area (Å²) in [4.78, 5) is 21.0. The first-order valence-corrected chi connectivity index (χ1v) is 3.13. The molecule has 0 fully saturated rings. The van der Waals surface area contributed by atoms with Crippen LogP contribution in [-0.2, 0) is 11.3 Å². The molecular weight excluding hydrogens is 144 g/mol. The highest BCUT2D eigenvalue weighted by atomic mass is 16.1. The number of hydrogen-bond acceptors (Lipinski definition) is 2. The predicted molar refractivity (Wildman–Crippen MR) is 39.9 cm³/mol. The number of hydrogen-bond donors (Lipinski definition) is 1. The number of amides is 1. The molecule has 0 radical (unpaired) electrons. The molecule has 1 aromatic heterocycles. The van der Waals surface area contributed by atoms with E-state index < -0.39 is 5.91 Å². The maximum absolute atomic E-state index is 10.6. The third-order valence-corrected chi connectivity index (χ3v) is 1.20. The minimum atomic E-state index is -0.423. The van der Waals surface area contributed by atoms with Gasteiger partial charge in [-0.3, -0.25) is 9.59 Å². The Kier molecular flexibility index (Phi) is 2.06. The van der Waals surface area contributed by atoms with Gasteiger partial charge in [0, 0.05) is 24.5 Å². The monoisotopic (exact) mass is 152 g/mol. The van der Waals surface area contributed by atoms with Gasteiger partial charge in [0.2, 0.25) is 5.91 Å². The predicted octanol–water partition coefficient (Wildman–Crippen LogP) is -0.666. The van der Waals surface area contributed by atoms with Crippen LogP contribution in [0.25, 0.3) is 0 Å². The quantitative estimate of drug-likeness (QED) is 0.611. The van der Waals surface area contributed by atoms with Crippen LogP contribution < -0.4 is 11.2 Å². The number of carbonyl (C=O) groups excluding carboxylic acids is 1. The molecule has 0 aliphatic rings. The highest BCUT2D eigenvalue weighted by Crippen LogP contribution is 1.82. The van der Waals surface area contributed by atoms with Gasteiger partial charge in [0.1, 0.15) is 6.54 Å². The maximum atomic E-state index is 10.6. The van der Waals surface area contributed by atoms with E-state index in [9.17, 15) is 9.59 Å². The van der Waals surface area contributed by atoms with Crippen molar-refractivity contribution in [3.8, 4) is 0 Å². The zero-order valence-corrected chi connectivity index (χ0v) is 5.86. The first-order valence-electron chi connectivity index (χ1n) is 3.13. The van der Waals surface area contributed by atoms with Gasteiger partial charge >= 0.3 is 0 Å². The Morgan fingerprint density at radius 2 is 2.00 bits per heavy atom. The number of pyridine rings is 1. The largest absolute Gasteiger partial charge is 0.368 e. The summed E-state index contributed by atoms with van der Waals surface area (Å²) in [6, 6.07) is 2.76. The molecule has 1 aromatic rings. The van der Waals surface area contributed by atoms with Crippen LogP contribution in [0.4, 0.5) is 0 Å². The summed E-state index contributed by atoms with van der Waals surface area (Å²) in [6.45, 7) is 0.111. The molecule has 58 valence electrons. The Bertz CT molecular complexity index is 296. The van der Waals surface area contributed by atoms with Gasteiger partial charge in [-0.2, -0.15) is 0 Å². The molecule has 0 aliphatic carbocycles. The molecule has 1 rings (SSSR count). The third-order valence-electron chi connectivity index (χ3n) is 1.20. The van der Waals surface area contributed by atoms with Gasteiger partial charge in [-0.15, -0.1) is 0 Å². The topological polar surface area (TPSA) is 65.1 Å². The Morgan fingerprint density at radius 3 is 2.45 bits per heavy atom. The standard InChI is InChI=1S/C7H8N2O2/c8-7(11)5-9-3-1-6(10)2-4-9/h1-4H,5H2,(H2,8,11). The van der Waals surface area contributed by atoms with Gasteiger partial charge in [-0.25, -0.2) is 0 Å². The summed E-state index contributed by atoms with van der Waals surface area (Å²) < 4.78 is 1.55. The fourth-order valence-corrected chi connectivity index (χ4v) is 0.729. The van der Waals surface area contributed by atoms with E-state index in [-0.39, 0.29) is 12.0 Å². The molecule has 0 saturated heterocycles. The second-order valence-electron chi connectivity index (χ2n) is 2.17. The molecule has 0 unspecified atom stereocenters. The van der Waals surface area contributed by atoms with Crippen molar-refractivity contribution >= 4 is 5.91 Å². The normalized spacial score (nSPS) is 9.45. The van der Waals surface area contributed by atoms with Crippen LogP contribution in [0.3, 0.4) is 0 Å². The molecule has 2 N–H and O–H groups in total. The fraction of sp³-hybridized carbons (Fsp3) is 0.143. The van der Waals surface area contributed by atoms with Crippen molar-refractivity contribution in [1.82, 2.24) is 4.57 Å². The molecule has 1 heterocycles. The summed E-state index contributed by atoms with van der Waals surface area (Å²) in [5.41, 5.74) is 4.85. The SMILES string of the molecule is NC(=O)Cn1ccc(=O)cc1. The number of aromatic nitrogens is 1. The van der Waals surface area contributed by atoms with Crippen LogP contribution in [0.5, 0.6) is 0 Å². The van der Waals surface area contributed by atoms with E-state index in [1.54, 1.807) is 4.57 Å². The summed E-state index contributed by atoms with van der Waals surface area (Å²) in [5.74, 6) is -0.423. The van der Waals surface area contributed by atoms with Gasteiger partial charge in [-0.05, 0) is 0 Å². The van der Waals surface area contributed by atoms with Crippen molar-refractivity contribution < 1.29 is 4.79 Å². The zero-order chi connectivity index (χ0) is 8.27. The Morgan fingerprint density at radius 1 is 1.45 bits per heavy atom. The lowest BCUT2D eigenvalue weighted by Gasteiger charge is -1.99. The lowest BCUT2D eigenvalue weighted by molar-refractivity contribution is -0.118. The van der Waals surface area contributed by atoms with Crippen molar-refractivity contribution in [2.45, 2.75) is 6.54 Å². The smallest absolute Gasteiger partial charge is 0.237 e. The highest BCUT2D eigenvalue weighted by molar-refractivity contribution is 5.73. The minimum absolute atomic E-state index is 0.0780. The second kappa shape index (κ2) is 3.01. The number of primary amides is 1. The average Bonchev–Trinajstić information content (AvgIpc) is 1.93. The molecular formula is C7H8N2O2. The number of nitrogens with two attached hydrogens (primary N) is 1. The fourth-order valence-electron chi connectivity index (χ4n) is 0.729. The zero-order valence-electron chi connectivity index (χ0n) is 5.86. The lowest BCUT2D eigenvalue weighted by atomic mass is 10.4. The van der Waals surface area contributed by atoms with E-state index in [2.05, 4.69) is 0 Å². The first kappa shape index (κ1) is 7.53. The molecule has 4 nitrogen and oxygen atoms in total. The summed E-state index contributed by atoms with van der Waals surface area (Å²) in [6.07, 6.45) is 3.04. The molecule has 0 saturated carbocycles. The molecule has 0 spiro atoms. The van der Waals surface area contributed by atoms with E-state index in [1.807, 2.05) is 0 Å². The van der Waals surface area contributed by atoms with Crippen molar-refractivity contribution in [3.05, 3.63) is 34.7 Å². The van der Waals surface area contributed by atoms with Crippen LogP contribution in [0.1, 0.15) is 0 Å². The maximum Gasteiger partial charge on any atom is 0.237 e. The average molecular weight is 152 g/mol. The van der Waals surface area contributed by atoms with E-state index in [0.717, 1.165) is 0 Å². The summed E-state index contributed by atoms with van der Waals surface area (Å²) in [5, 5.41) is 0. The Labute approximate surface area is 63.3 Å². The van der Waals surface area contributed by atoms with Gasteiger partial charge in [0.25, 0.3) is 0 Å². The Balaban J connectivity index is 2.82. The summed E-state index contributed by atoms with van der Waals surface area (Å²) >= 11 is 0. The van der Waals surface area contributed by atoms with Gasteiger partial charge in [0.05, 0.1) is 0 Å². The first-order chi connectivity index (χ1) is 5.18. The van der Waals surface area contributed by atoms with Crippen molar-refractivity contribution in [2.75, 3.05) is 0 Å². The molecule has 0 aromatic carbocycles. The summed E-state index contributed by atoms with van der Waals surface area (Å²) in [7, 11) is 0.